The molecule has 5 rings (SSSR count). The van der Waals surface area contributed by atoms with Crippen LogP contribution in [0.2, 0.25) is 0 Å². The van der Waals surface area contributed by atoms with Crippen LogP contribution in [0.4, 0.5) is 0 Å². The molecule has 178 valence electrons. The van der Waals surface area contributed by atoms with Gasteiger partial charge in [-0.3, -0.25) is 4.79 Å². The van der Waals surface area contributed by atoms with E-state index in [-0.39, 0.29) is 24.3 Å². The highest BCUT2D eigenvalue weighted by Crippen LogP contribution is 2.39. The van der Waals surface area contributed by atoms with Gasteiger partial charge in [0.05, 0.1) is 29.0 Å². The third-order valence-corrected chi connectivity index (χ3v) is 6.82. The molecule has 1 atom stereocenters. The summed E-state index contributed by atoms with van der Waals surface area (Å²) in [5, 5.41) is 25.7. The number of aliphatic hydroxyl groups is 1. The maximum absolute atomic E-state index is 13.3. The number of rotatable bonds is 6. The highest BCUT2D eigenvalue weighted by Gasteiger charge is 2.45. The van der Waals surface area contributed by atoms with Crippen LogP contribution in [-0.4, -0.2) is 57.8 Å². The van der Waals surface area contributed by atoms with Crippen molar-refractivity contribution in [1.82, 2.24) is 19.8 Å². The summed E-state index contributed by atoms with van der Waals surface area (Å²) in [5.41, 5.74) is 1.98. The van der Waals surface area contributed by atoms with Crippen LogP contribution >= 0.6 is 0 Å². The summed E-state index contributed by atoms with van der Waals surface area (Å²) in [6.07, 6.45) is 0.100. The van der Waals surface area contributed by atoms with E-state index in [9.17, 15) is 19.8 Å². The molecule has 0 radical (unpaired) electrons. The SMILES string of the molecule is CC[C@@]1(O)C(=O)OCc2c1cc1n(c2=O)Cc2cc3c(CNCCN(C)C)c(O)ccc3nc2-1. The summed E-state index contributed by atoms with van der Waals surface area (Å²) in [7, 11) is 4.01. The van der Waals surface area contributed by atoms with Crippen molar-refractivity contribution >= 4 is 16.9 Å². The Morgan fingerprint density at radius 1 is 1.26 bits per heavy atom. The van der Waals surface area contributed by atoms with Gasteiger partial charge in [0.2, 0.25) is 0 Å². The second-order valence-corrected chi connectivity index (χ2v) is 9.21. The van der Waals surface area contributed by atoms with Gasteiger partial charge in [-0.1, -0.05) is 6.92 Å². The Hall–Kier alpha value is -3.27. The predicted octanol–water partition coefficient (Wildman–Crippen LogP) is 1.44. The number of aromatic nitrogens is 2. The van der Waals surface area contributed by atoms with Crippen molar-refractivity contribution in [1.29, 1.82) is 0 Å². The third-order valence-electron chi connectivity index (χ3n) is 6.82. The van der Waals surface area contributed by atoms with Crippen molar-refractivity contribution in [3.05, 3.63) is 56.9 Å². The number of phenolic OH excluding ortho intramolecular Hbond substituents is 1. The fourth-order valence-electron chi connectivity index (χ4n) is 4.80. The van der Waals surface area contributed by atoms with Gasteiger partial charge in [-0.2, -0.15) is 0 Å². The quantitative estimate of drug-likeness (QED) is 0.290. The second-order valence-electron chi connectivity index (χ2n) is 9.21. The van der Waals surface area contributed by atoms with Crippen LogP contribution in [0.25, 0.3) is 22.3 Å². The zero-order valence-electron chi connectivity index (χ0n) is 19.5. The van der Waals surface area contributed by atoms with Crippen LogP contribution in [0.3, 0.4) is 0 Å². The van der Waals surface area contributed by atoms with E-state index in [0.29, 0.717) is 41.1 Å². The molecule has 2 aliphatic heterocycles. The van der Waals surface area contributed by atoms with E-state index in [1.54, 1.807) is 29.7 Å². The number of hydrogen-bond donors (Lipinski definition) is 3. The Kier molecular flexibility index (Phi) is 5.43. The molecule has 0 aliphatic carbocycles. The van der Waals surface area contributed by atoms with Gasteiger partial charge in [-0.15, -0.1) is 0 Å². The first-order valence-corrected chi connectivity index (χ1v) is 11.4. The van der Waals surface area contributed by atoms with E-state index in [1.807, 2.05) is 20.2 Å². The first-order chi connectivity index (χ1) is 16.2. The smallest absolute Gasteiger partial charge is 0.343 e. The van der Waals surface area contributed by atoms with Crippen LogP contribution in [0, 0.1) is 0 Å². The lowest BCUT2D eigenvalue weighted by Crippen LogP contribution is -2.44. The van der Waals surface area contributed by atoms with Crippen LogP contribution < -0.4 is 10.9 Å². The number of cyclic esters (lactones) is 1. The third kappa shape index (κ3) is 3.39. The maximum Gasteiger partial charge on any atom is 0.343 e. The van der Waals surface area contributed by atoms with Crippen LogP contribution in [0.15, 0.2) is 29.1 Å². The van der Waals surface area contributed by atoms with Gasteiger partial charge in [-0.05, 0) is 44.8 Å². The summed E-state index contributed by atoms with van der Waals surface area (Å²) in [6.45, 7) is 3.98. The molecule has 9 heteroatoms. The van der Waals surface area contributed by atoms with Crippen molar-refractivity contribution in [2.24, 2.45) is 0 Å². The average Bonchev–Trinajstić information content (AvgIpc) is 3.17. The summed E-state index contributed by atoms with van der Waals surface area (Å²) in [5.74, 6) is -0.545. The fourth-order valence-corrected chi connectivity index (χ4v) is 4.80. The topological polar surface area (TPSA) is 117 Å². The van der Waals surface area contributed by atoms with E-state index in [0.717, 1.165) is 29.6 Å². The number of phenols is 1. The van der Waals surface area contributed by atoms with Crippen molar-refractivity contribution in [2.75, 3.05) is 27.2 Å². The fraction of sp³-hybridized carbons (Fsp3) is 0.400. The Bertz CT molecular complexity index is 1380. The molecule has 4 heterocycles. The van der Waals surface area contributed by atoms with Crippen LogP contribution in [0.5, 0.6) is 5.75 Å². The Morgan fingerprint density at radius 2 is 2.06 bits per heavy atom. The normalized spacial score (nSPS) is 18.7. The van der Waals surface area contributed by atoms with Gasteiger partial charge in [-0.25, -0.2) is 9.78 Å². The molecular weight excluding hydrogens is 436 g/mol. The summed E-state index contributed by atoms with van der Waals surface area (Å²) in [6, 6.07) is 7.06. The minimum absolute atomic E-state index is 0.100. The number of ether oxygens (including phenoxy) is 1. The molecule has 3 N–H and O–H groups in total. The minimum atomic E-state index is -1.85. The molecule has 0 bridgehead atoms. The number of esters is 1. The monoisotopic (exact) mass is 464 g/mol. The van der Waals surface area contributed by atoms with Crippen molar-refractivity contribution in [3.8, 4) is 17.1 Å². The molecule has 1 aromatic carbocycles. The van der Waals surface area contributed by atoms with Crippen LogP contribution in [-0.2, 0) is 34.8 Å². The number of pyridine rings is 2. The summed E-state index contributed by atoms with van der Waals surface area (Å²) < 4.78 is 6.74. The Labute approximate surface area is 196 Å². The number of benzene rings is 1. The van der Waals surface area contributed by atoms with E-state index in [4.69, 9.17) is 9.72 Å². The van der Waals surface area contributed by atoms with E-state index >= 15 is 0 Å². The number of nitrogens with zero attached hydrogens (tertiary/aromatic N) is 3. The predicted molar refractivity (Wildman–Crippen MR) is 126 cm³/mol. The first kappa shape index (κ1) is 22.5. The first-order valence-electron chi connectivity index (χ1n) is 11.4. The lowest BCUT2D eigenvalue weighted by atomic mass is 9.86. The number of carbonyl (C=O) groups is 1. The Morgan fingerprint density at radius 3 is 2.79 bits per heavy atom. The molecule has 3 aromatic rings. The molecule has 2 aromatic heterocycles. The molecule has 0 amide bonds. The van der Waals surface area contributed by atoms with Gasteiger partial charge < -0.3 is 29.7 Å². The summed E-state index contributed by atoms with van der Waals surface area (Å²) >= 11 is 0. The van der Waals surface area contributed by atoms with Crippen molar-refractivity contribution in [3.63, 3.8) is 0 Å². The van der Waals surface area contributed by atoms with Gasteiger partial charge in [0.25, 0.3) is 5.56 Å². The number of hydrogen-bond acceptors (Lipinski definition) is 8. The zero-order valence-corrected chi connectivity index (χ0v) is 19.5. The molecular formula is C25H28N4O5. The molecule has 0 spiro atoms. The van der Waals surface area contributed by atoms with Gasteiger partial charge >= 0.3 is 5.97 Å². The van der Waals surface area contributed by atoms with Crippen molar-refractivity contribution in [2.45, 2.75) is 38.6 Å². The van der Waals surface area contributed by atoms with Crippen molar-refractivity contribution < 1.29 is 19.7 Å². The highest BCUT2D eigenvalue weighted by atomic mass is 16.6. The average molecular weight is 465 g/mol. The van der Waals surface area contributed by atoms with E-state index in [2.05, 4.69) is 10.2 Å². The number of carbonyl (C=O) groups excluding carboxylic acids is 1. The molecule has 0 unspecified atom stereocenters. The molecule has 0 saturated heterocycles. The minimum Gasteiger partial charge on any atom is -0.508 e. The molecule has 0 saturated carbocycles. The molecule has 0 fully saturated rings. The maximum atomic E-state index is 13.3. The molecule has 9 nitrogen and oxygen atoms in total. The second kappa shape index (κ2) is 8.19. The Balaban J connectivity index is 1.60. The largest absolute Gasteiger partial charge is 0.508 e. The van der Waals surface area contributed by atoms with Gasteiger partial charge in [0.1, 0.15) is 12.4 Å². The lowest BCUT2D eigenvalue weighted by Gasteiger charge is -2.31. The summed E-state index contributed by atoms with van der Waals surface area (Å²) in [4.78, 5) is 32.5. The van der Waals surface area contributed by atoms with E-state index in [1.165, 1.54) is 0 Å². The van der Waals surface area contributed by atoms with Crippen LogP contribution in [0.1, 0.15) is 35.6 Å². The lowest BCUT2D eigenvalue weighted by molar-refractivity contribution is -0.172. The van der Waals surface area contributed by atoms with Gasteiger partial charge in [0.15, 0.2) is 5.60 Å². The number of likely N-dealkylation sites (N-methyl/N-ethyl adjacent to an activating group) is 1. The zero-order chi connectivity index (χ0) is 24.2. The molecule has 2 aliphatic rings. The van der Waals surface area contributed by atoms with Gasteiger partial charge in [0, 0.05) is 41.7 Å². The number of fused-ring (bicyclic) bond motifs is 5. The number of nitrogens with one attached hydrogen (secondary N) is 1. The van der Waals surface area contributed by atoms with E-state index < -0.39 is 11.6 Å². The highest BCUT2D eigenvalue weighted by molar-refractivity contribution is 5.89. The number of aromatic hydroxyl groups is 1. The standard InChI is InChI=1S/C25H28N4O5/c1-4-25(33)18-10-20-22-14(12-29(20)23(31)17(18)13-34-24(25)32)9-15-16(11-26-7-8-28(2)3)21(30)6-5-19(15)27-22/h5-6,9-10,26,30,33H,4,7-8,11-13H2,1-3H3/t25-/m0/s1. The molecule has 34 heavy (non-hydrogen) atoms.